The molecule has 0 spiro atoms. The smallest absolute Gasteiger partial charge is 0.344 e. The van der Waals surface area contributed by atoms with Gasteiger partial charge in [-0.05, 0) is 34.9 Å². The van der Waals surface area contributed by atoms with Gasteiger partial charge >= 0.3 is 5.63 Å². The number of hydrogen-bond acceptors (Lipinski definition) is 4. The van der Waals surface area contributed by atoms with E-state index in [0.29, 0.717) is 22.3 Å². The minimum Gasteiger partial charge on any atom is -0.431 e. The van der Waals surface area contributed by atoms with Crippen molar-refractivity contribution in [2.75, 3.05) is 6.26 Å². The largest absolute Gasteiger partial charge is 0.431 e. The molecule has 4 nitrogen and oxygen atoms in total. The van der Waals surface area contributed by atoms with Gasteiger partial charge in [-0.3, -0.25) is 0 Å². The van der Waals surface area contributed by atoms with Crippen LogP contribution in [0.3, 0.4) is 0 Å². The maximum Gasteiger partial charge on any atom is 0.344 e. The van der Waals surface area contributed by atoms with Gasteiger partial charge in [0, 0.05) is 11.8 Å². The van der Waals surface area contributed by atoms with Crippen molar-refractivity contribution in [3.05, 3.63) is 76.8 Å². The van der Waals surface area contributed by atoms with Gasteiger partial charge in [0.1, 0.15) is 6.67 Å². The van der Waals surface area contributed by atoms with Crippen LogP contribution < -0.4 is 5.63 Å². The molecule has 0 radical (unpaired) electrons. The first kappa shape index (κ1) is 17.1. The number of halogens is 1. The third-order valence-electron chi connectivity index (χ3n) is 3.88. The molecule has 0 bridgehead atoms. The molecular formula is C19H15FO4S. The van der Waals surface area contributed by atoms with E-state index in [1.807, 2.05) is 6.07 Å². The van der Waals surface area contributed by atoms with Crippen molar-refractivity contribution in [3.63, 3.8) is 0 Å². The lowest BCUT2D eigenvalue weighted by molar-refractivity contribution is 0.485. The molecule has 3 aromatic rings. The molecule has 128 valence electrons. The molecular weight excluding hydrogens is 343 g/mol. The molecule has 0 amide bonds. The Morgan fingerprint density at radius 3 is 2.36 bits per heavy atom. The molecule has 0 saturated heterocycles. The van der Waals surface area contributed by atoms with Gasteiger partial charge in [0.05, 0.1) is 16.7 Å². The highest BCUT2D eigenvalue weighted by molar-refractivity contribution is 7.90. The Balaban J connectivity index is 2.28. The molecule has 0 N–H and O–H groups in total. The lowest BCUT2D eigenvalue weighted by Gasteiger charge is -2.12. The zero-order valence-corrected chi connectivity index (χ0v) is 14.2. The van der Waals surface area contributed by atoms with E-state index in [-0.39, 0.29) is 10.5 Å². The first-order valence-electron chi connectivity index (χ1n) is 7.48. The Labute approximate surface area is 144 Å². The van der Waals surface area contributed by atoms with Crippen molar-refractivity contribution in [1.29, 1.82) is 0 Å². The van der Waals surface area contributed by atoms with Gasteiger partial charge in [0.15, 0.2) is 9.84 Å². The van der Waals surface area contributed by atoms with E-state index in [0.717, 1.165) is 6.26 Å². The molecule has 0 aliphatic rings. The third kappa shape index (κ3) is 3.39. The predicted octanol–water partition coefficient (Wildman–Crippen LogP) is 3.85. The van der Waals surface area contributed by atoms with Crippen LogP contribution in [0.25, 0.3) is 22.3 Å². The minimum absolute atomic E-state index is 0.0353. The van der Waals surface area contributed by atoms with Crippen LogP contribution in [0, 0.1) is 0 Å². The summed E-state index contributed by atoms with van der Waals surface area (Å²) in [5.74, 6) is 0. The molecule has 0 fully saturated rings. The summed E-state index contributed by atoms with van der Waals surface area (Å²) in [4.78, 5) is 12.3. The van der Waals surface area contributed by atoms with Crippen molar-refractivity contribution in [1.82, 2.24) is 0 Å². The van der Waals surface area contributed by atoms with Gasteiger partial charge in [-0.1, -0.05) is 36.4 Å². The van der Waals surface area contributed by atoms with Crippen LogP contribution in [-0.2, 0) is 16.5 Å². The molecule has 6 heteroatoms. The Morgan fingerprint density at radius 2 is 1.72 bits per heavy atom. The SMILES string of the molecule is CS(=O)(=O)c1ccc(-c2ccoc(=O)c2-c2ccccc2)c(CF)c1. The second kappa shape index (κ2) is 6.64. The maximum absolute atomic E-state index is 13.6. The molecule has 25 heavy (non-hydrogen) atoms. The average Bonchev–Trinajstić information content (AvgIpc) is 2.61. The summed E-state index contributed by atoms with van der Waals surface area (Å²) in [5.41, 5.74) is 1.57. The molecule has 1 aromatic heterocycles. The summed E-state index contributed by atoms with van der Waals surface area (Å²) in [7, 11) is -3.45. The molecule has 3 rings (SSSR count). The van der Waals surface area contributed by atoms with Gasteiger partial charge in [0.2, 0.25) is 0 Å². The van der Waals surface area contributed by atoms with E-state index < -0.39 is 22.1 Å². The van der Waals surface area contributed by atoms with Crippen molar-refractivity contribution in [3.8, 4) is 22.3 Å². The second-order valence-corrected chi connectivity index (χ2v) is 7.60. The highest BCUT2D eigenvalue weighted by Gasteiger charge is 2.17. The molecule has 0 atom stereocenters. The lowest BCUT2D eigenvalue weighted by Crippen LogP contribution is -2.06. The highest BCUT2D eigenvalue weighted by atomic mass is 32.2. The number of alkyl halides is 1. The maximum atomic E-state index is 13.6. The van der Waals surface area contributed by atoms with E-state index in [1.165, 1.54) is 24.5 Å². The Bertz CT molecular complexity index is 1070. The number of benzene rings is 2. The zero-order valence-electron chi connectivity index (χ0n) is 13.4. The molecule has 0 aliphatic heterocycles. The van der Waals surface area contributed by atoms with Gasteiger partial charge in [-0.2, -0.15) is 0 Å². The fourth-order valence-corrected chi connectivity index (χ4v) is 3.36. The minimum atomic E-state index is -3.45. The van der Waals surface area contributed by atoms with Crippen LogP contribution in [0.1, 0.15) is 5.56 Å². The van der Waals surface area contributed by atoms with Crippen molar-refractivity contribution in [2.24, 2.45) is 0 Å². The molecule has 2 aromatic carbocycles. The van der Waals surface area contributed by atoms with Gasteiger partial charge < -0.3 is 4.42 Å². The van der Waals surface area contributed by atoms with Crippen LogP contribution in [0.4, 0.5) is 4.39 Å². The summed E-state index contributed by atoms with van der Waals surface area (Å²) in [6, 6.07) is 14.7. The fourth-order valence-electron chi connectivity index (χ4n) is 2.69. The zero-order chi connectivity index (χ0) is 18.0. The predicted molar refractivity (Wildman–Crippen MR) is 93.8 cm³/mol. The van der Waals surface area contributed by atoms with Gasteiger partial charge in [-0.15, -0.1) is 0 Å². The van der Waals surface area contributed by atoms with Crippen LogP contribution in [0.5, 0.6) is 0 Å². The van der Waals surface area contributed by atoms with E-state index in [1.54, 1.807) is 30.3 Å². The van der Waals surface area contributed by atoms with Crippen LogP contribution in [0.15, 0.2) is 75.0 Å². The molecule has 1 heterocycles. The highest BCUT2D eigenvalue weighted by Crippen LogP contribution is 2.33. The van der Waals surface area contributed by atoms with Crippen LogP contribution >= 0.6 is 0 Å². The standard InChI is InChI=1S/C19H15FO4S/c1-25(22,23)15-7-8-16(14(11-15)12-20)17-9-10-24-19(21)18(17)13-5-3-2-4-6-13/h2-11H,12H2,1H3. The van der Waals surface area contributed by atoms with E-state index >= 15 is 0 Å². The summed E-state index contributed by atoms with van der Waals surface area (Å²) >= 11 is 0. The topological polar surface area (TPSA) is 64.3 Å². The Morgan fingerprint density at radius 1 is 1.00 bits per heavy atom. The summed E-state index contributed by atoms with van der Waals surface area (Å²) in [6.07, 6.45) is 2.31. The molecule has 0 unspecified atom stereocenters. The van der Waals surface area contributed by atoms with Crippen LogP contribution in [0.2, 0.25) is 0 Å². The summed E-state index contributed by atoms with van der Waals surface area (Å²) in [6.45, 7) is -0.854. The summed E-state index contributed by atoms with van der Waals surface area (Å²) < 4.78 is 42.0. The van der Waals surface area contributed by atoms with Gasteiger partial charge in [0.25, 0.3) is 0 Å². The van der Waals surface area contributed by atoms with Crippen molar-refractivity contribution < 1.29 is 17.2 Å². The van der Waals surface area contributed by atoms with E-state index in [4.69, 9.17) is 4.42 Å². The summed E-state index contributed by atoms with van der Waals surface area (Å²) in [5, 5.41) is 0. The average molecular weight is 358 g/mol. The van der Waals surface area contributed by atoms with Crippen molar-refractivity contribution >= 4 is 9.84 Å². The quantitative estimate of drug-likeness (QED) is 0.711. The monoisotopic (exact) mass is 358 g/mol. The third-order valence-corrected chi connectivity index (χ3v) is 4.99. The number of sulfone groups is 1. The molecule has 0 aliphatic carbocycles. The Hall–Kier alpha value is -2.73. The normalized spacial score (nSPS) is 11.4. The fraction of sp³-hybridized carbons (Fsp3) is 0.105. The lowest BCUT2D eigenvalue weighted by atomic mass is 9.94. The Kier molecular flexibility index (Phi) is 4.55. The second-order valence-electron chi connectivity index (χ2n) is 5.59. The van der Waals surface area contributed by atoms with E-state index in [2.05, 4.69) is 0 Å². The van der Waals surface area contributed by atoms with Crippen LogP contribution in [-0.4, -0.2) is 14.7 Å². The first-order valence-corrected chi connectivity index (χ1v) is 9.37. The first-order chi connectivity index (χ1) is 11.9. The van der Waals surface area contributed by atoms with E-state index in [9.17, 15) is 17.6 Å². The van der Waals surface area contributed by atoms with Gasteiger partial charge in [-0.25, -0.2) is 17.6 Å². The number of hydrogen-bond donors (Lipinski definition) is 0. The number of rotatable bonds is 4. The molecule has 0 saturated carbocycles. The van der Waals surface area contributed by atoms with Crippen molar-refractivity contribution in [2.45, 2.75) is 11.6 Å².